The zero-order valence-corrected chi connectivity index (χ0v) is 21.5. The molecule has 0 amide bonds. The second-order valence-corrected chi connectivity index (χ2v) is 10.4. The molecule has 0 N–H and O–H groups in total. The molecule has 7 heteroatoms. The van der Waals surface area contributed by atoms with Crippen molar-refractivity contribution < 1.29 is 23.4 Å². The normalized spacial score (nSPS) is 19.4. The SMILES string of the molecule is CC(C)OCc1ncc(OC2=CCC(C3CCC3)C=C(C(=O)OC(C)(C)C)C(F)=C2)cc1CCl. The summed E-state index contributed by atoms with van der Waals surface area (Å²) >= 11 is 6.12. The molecule has 1 fully saturated rings. The number of hydrogen-bond donors (Lipinski definition) is 0. The van der Waals surface area contributed by atoms with Crippen molar-refractivity contribution in [3.8, 4) is 5.75 Å². The Bertz CT molecular complexity index is 973. The molecular weight excluding hydrogens is 457 g/mol. The molecule has 1 atom stereocenters. The summed E-state index contributed by atoms with van der Waals surface area (Å²) in [5, 5.41) is 0. The summed E-state index contributed by atoms with van der Waals surface area (Å²) in [6.45, 7) is 9.57. The lowest BCUT2D eigenvalue weighted by atomic mass is 9.73. The van der Waals surface area contributed by atoms with Crippen LogP contribution in [0.25, 0.3) is 0 Å². The lowest BCUT2D eigenvalue weighted by molar-refractivity contribution is -0.149. The minimum atomic E-state index is -0.716. The molecule has 0 aliphatic heterocycles. The van der Waals surface area contributed by atoms with Crippen LogP contribution in [0, 0.1) is 11.8 Å². The van der Waals surface area contributed by atoms with E-state index in [0.717, 1.165) is 30.5 Å². The predicted molar refractivity (Wildman–Crippen MR) is 131 cm³/mol. The maximum absolute atomic E-state index is 15.3. The van der Waals surface area contributed by atoms with Crippen LogP contribution >= 0.6 is 11.6 Å². The van der Waals surface area contributed by atoms with E-state index in [1.807, 2.05) is 19.9 Å². The first-order valence-electron chi connectivity index (χ1n) is 11.9. The number of esters is 1. The van der Waals surface area contributed by atoms with E-state index in [1.54, 1.807) is 39.1 Å². The highest BCUT2D eigenvalue weighted by Crippen LogP contribution is 2.39. The van der Waals surface area contributed by atoms with Crippen LogP contribution in [0.5, 0.6) is 5.75 Å². The van der Waals surface area contributed by atoms with Crippen molar-refractivity contribution in [2.45, 2.75) is 84.5 Å². The number of rotatable bonds is 8. The van der Waals surface area contributed by atoms with E-state index in [1.165, 1.54) is 6.08 Å². The third kappa shape index (κ3) is 7.41. The van der Waals surface area contributed by atoms with Crippen molar-refractivity contribution in [1.29, 1.82) is 0 Å². The second-order valence-electron chi connectivity index (χ2n) is 10.1. The number of allylic oxidation sites excluding steroid dienone is 3. The summed E-state index contributed by atoms with van der Waals surface area (Å²) in [6, 6.07) is 1.79. The van der Waals surface area contributed by atoms with Crippen molar-refractivity contribution in [2.24, 2.45) is 11.8 Å². The molecule has 2 aliphatic rings. The zero-order chi connectivity index (χ0) is 24.9. The van der Waals surface area contributed by atoms with Crippen LogP contribution in [-0.4, -0.2) is 22.7 Å². The standard InChI is InChI=1S/C27H35ClFNO4/c1-17(2)32-16-25-20(14-28)11-22(15-30-25)33-21-10-9-19(18-7-6-8-18)12-23(24(29)13-21)26(31)34-27(3,4)5/h10-13,15,17-19H,6-9,14,16H2,1-5H3. The fraction of sp³-hybridized carbons (Fsp3) is 0.556. The van der Waals surface area contributed by atoms with Crippen LogP contribution in [0.2, 0.25) is 0 Å². The molecule has 0 radical (unpaired) electrons. The van der Waals surface area contributed by atoms with Crippen molar-refractivity contribution >= 4 is 17.6 Å². The third-order valence-corrected chi connectivity index (χ3v) is 6.13. The van der Waals surface area contributed by atoms with Gasteiger partial charge in [-0.3, -0.25) is 4.98 Å². The molecule has 0 spiro atoms. The van der Waals surface area contributed by atoms with Gasteiger partial charge in [-0.2, -0.15) is 0 Å². The number of alkyl halides is 1. The number of aromatic nitrogens is 1. The predicted octanol–water partition coefficient (Wildman–Crippen LogP) is 6.95. The largest absolute Gasteiger partial charge is 0.456 e. The third-order valence-electron chi connectivity index (χ3n) is 5.84. The fourth-order valence-electron chi connectivity index (χ4n) is 3.84. The molecule has 1 aromatic heterocycles. The molecule has 34 heavy (non-hydrogen) atoms. The van der Waals surface area contributed by atoms with Crippen molar-refractivity contribution in [2.75, 3.05) is 0 Å². The maximum Gasteiger partial charge on any atom is 0.341 e. The highest BCUT2D eigenvalue weighted by molar-refractivity contribution is 6.17. The van der Waals surface area contributed by atoms with E-state index in [4.69, 9.17) is 25.8 Å². The Morgan fingerprint density at radius 1 is 1.29 bits per heavy atom. The lowest BCUT2D eigenvalue weighted by Crippen LogP contribution is -2.27. The van der Waals surface area contributed by atoms with Gasteiger partial charge in [0.1, 0.15) is 22.9 Å². The van der Waals surface area contributed by atoms with Gasteiger partial charge in [0.25, 0.3) is 0 Å². The molecule has 2 aliphatic carbocycles. The summed E-state index contributed by atoms with van der Waals surface area (Å²) in [5.74, 6) is 0.156. The summed E-state index contributed by atoms with van der Waals surface area (Å²) in [7, 11) is 0. The second kappa shape index (κ2) is 11.5. The number of carbonyl (C=O) groups excluding carboxylic acids is 1. The first kappa shape index (κ1) is 26.4. The molecule has 1 unspecified atom stereocenters. The molecule has 5 nitrogen and oxygen atoms in total. The summed E-state index contributed by atoms with van der Waals surface area (Å²) in [4.78, 5) is 17.2. The number of pyridine rings is 1. The minimum Gasteiger partial charge on any atom is -0.456 e. The molecule has 0 bridgehead atoms. The van der Waals surface area contributed by atoms with E-state index < -0.39 is 17.4 Å². The smallest absolute Gasteiger partial charge is 0.341 e. The van der Waals surface area contributed by atoms with Gasteiger partial charge in [0, 0.05) is 12.0 Å². The van der Waals surface area contributed by atoms with Gasteiger partial charge >= 0.3 is 5.97 Å². The number of carbonyl (C=O) groups is 1. The van der Waals surface area contributed by atoms with Gasteiger partial charge in [0.15, 0.2) is 0 Å². The van der Waals surface area contributed by atoms with Gasteiger partial charge in [-0.05, 0) is 83.4 Å². The average molecular weight is 492 g/mol. The van der Waals surface area contributed by atoms with Crippen LogP contribution < -0.4 is 4.74 Å². The molecule has 0 aromatic carbocycles. The van der Waals surface area contributed by atoms with Gasteiger partial charge in [-0.1, -0.05) is 12.5 Å². The van der Waals surface area contributed by atoms with E-state index >= 15 is 4.39 Å². The molecule has 186 valence electrons. The first-order valence-corrected chi connectivity index (χ1v) is 12.4. The Kier molecular flexibility index (Phi) is 8.94. The molecular formula is C27H35ClFNO4. The van der Waals surface area contributed by atoms with Gasteiger partial charge in [-0.15, -0.1) is 11.6 Å². The molecule has 1 saturated carbocycles. The maximum atomic E-state index is 15.3. The number of halogens is 2. The van der Waals surface area contributed by atoms with E-state index in [0.29, 0.717) is 30.5 Å². The Hall–Kier alpha value is -2.18. The van der Waals surface area contributed by atoms with Crippen LogP contribution in [0.1, 0.15) is 71.6 Å². The topological polar surface area (TPSA) is 57.7 Å². The molecule has 0 saturated heterocycles. The molecule has 3 rings (SSSR count). The Labute approximate surface area is 207 Å². The van der Waals surface area contributed by atoms with Crippen molar-refractivity contribution in [3.05, 3.63) is 58.9 Å². The van der Waals surface area contributed by atoms with Gasteiger partial charge in [0.2, 0.25) is 0 Å². The van der Waals surface area contributed by atoms with Crippen LogP contribution in [-0.2, 0) is 26.8 Å². The zero-order valence-electron chi connectivity index (χ0n) is 20.7. The highest BCUT2D eigenvalue weighted by Gasteiger charge is 2.30. The minimum absolute atomic E-state index is 0.0400. The molecule has 1 aromatic rings. The van der Waals surface area contributed by atoms with Gasteiger partial charge in [-0.25, -0.2) is 9.18 Å². The quantitative estimate of drug-likeness (QED) is 0.291. The van der Waals surface area contributed by atoms with Crippen LogP contribution in [0.15, 0.2) is 47.7 Å². The van der Waals surface area contributed by atoms with E-state index in [-0.39, 0.29) is 23.5 Å². The Morgan fingerprint density at radius 2 is 2.03 bits per heavy atom. The Morgan fingerprint density at radius 3 is 2.62 bits per heavy atom. The van der Waals surface area contributed by atoms with E-state index in [2.05, 4.69) is 4.98 Å². The highest BCUT2D eigenvalue weighted by atomic mass is 35.5. The lowest BCUT2D eigenvalue weighted by Gasteiger charge is -2.32. The summed E-state index contributed by atoms with van der Waals surface area (Å²) in [6.07, 6.45) is 10.5. The number of nitrogens with zero attached hydrogens (tertiary/aromatic N) is 1. The Balaban J connectivity index is 1.86. The number of ether oxygens (including phenoxy) is 3. The van der Waals surface area contributed by atoms with Crippen molar-refractivity contribution in [3.63, 3.8) is 0 Å². The van der Waals surface area contributed by atoms with Crippen LogP contribution in [0.3, 0.4) is 0 Å². The summed E-state index contributed by atoms with van der Waals surface area (Å²) in [5.41, 5.74) is 0.774. The fourth-order valence-corrected chi connectivity index (χ4v) is 4.07. The monoisotopic (exact) mass is 491 g/mol. The number of hydrogen-bond acceptors (Lipinski definition) is 5. The van der Waals surface area contributed by atoms with Crippen molar-refractivity contribution in [1.82, 2.24) is 4.98 Å². The van der Waals surface area contributed by atoms with Gasteiger partial charge < -0.3 is 14.2 Å². The summed E-state index contributed by atoms with van der Waals surface area (Å²) < 4.78 is 32.4. The van der Waals surface area contributed by atoms with E-state index in [9.17, 15) is 4.79 Å². The van der Waals surface area contributed by atoms with Crippen LogP contribution in [0.4, 0.5) is 4.39 Å². The van der Waals surface area contributed by atoms with Gasteiger partial charge in [0.05, 0.1) is 30.2 Å². The first-order chi connectivity index (χ1) is 16.1. The molecule has 1 heterocycles. The average Bonchev–Trinajstić information content (AvgIpc) is 2.70.